The van der Waals surface area contributed by atoms with Gasteiger partial charge in [0, 0.05) is 56.1 Å². The molecular formula is C29H29F4N7O2S. The molecule has 4 heterocycles. The largest absolute Gasteiger partial charge is 0.417 e. The lowest BCUT2D eigenvalue weighted by atomic mass is 9.98. The Hall–Kier alpha value is -4.22. The molecule has 1 aromatic carbocycles. The van der Waals surface area contributed by atoms with Gasteiger partial charge in [0.05, 0.1) is 28.7 Å². The molecule has 2 N–H and O–H groups in total. The number of amides is 1. The van der Waals surface area contributed by atoms with Crippen molar-refractivity contribution in [2.45, 2.75) is 38.5 Å². The summed E-state index contributed by atoms with van der Waals surface area (Å²) in [4.78, 5) is 37.9. The van der Waals surface area contributed by atoms with E-state index in [1.807, 2.05) is 36.8 Å². The van der Waals surface area contributed by atoms with Crippen LogP contribution in [0.1, 0.15) is 46.6 Å². The van der Waals surface area contributed by atoms with E-state index in [-0.39, 0.29) is 29.9 Å². The van der Waals surface area contributed by atoms with Crippen LogP contribution in [-0.4, -0.2) is 66.1 Å². The number of rotatable bonds is 5. The number of nitrogens with one attached hydrogen (secondary N) is 2. The molecule has 0 radical (unpaired) electrons. The molecule has 1 amide bonds. The smallest absolute Gasteiger partial charge is 0.367 e. The summed E-state index contributed by atoms with van der Waals surface area (Å²) in [6, 6.07) is 5.32. The lowest BCUT2D eigenvalue weighted by Crippen LogP contribution is -2.55. The lowest BCUT2D eigenvalue weighted by Gasteiger charge is -2.44. The maximum Gasteiger partial charge on any atom is 0.417 e. The lowest BCUT2D eigenvalue weighted by molar-refractivity contribution is -0.138. The van der Waals surface area contributed by atoms with E-state index in [1.165, 1.54) is 29.7 Å². The Morgan fingerprint density at radius 3 is 2.56 bits per heavy atom. The first kappa shape index (κ1) is 30.2. The van der Waals surface area contributed by atoms with E-state index < -0.39 is 34.6 Å². The van der Waals surface area contributed by atoms with Crippen LogP contribution in [0.4, 0.5) is 34.1 Å². The van der Waals surface area contributed by atoms with Crippen molar-refractivity contribution >= 4 is 39.3 Å². The zero-order valence-electron chi connectivity index (χ0n) is 23.6. The molecule has 5 rings (SSSR count). The first-order valence-electron chi connectivity index (χ1n) is 13.6. The van der Waals surface area contributed by atoms with Gasteiger partial charge in [-0.05, 0) is 45.0 Å². The van der Waals surface area contributed by atoms with E-state index in [0.29, 0.717) is 53.4 Å². The number of hydrogen-bond donors (Lipinski definition) is 2. The molecule has 1 saturated heterocycles. The number of nitriles is 1. The van der Waals surface area contributed by atoms with Crippen molar-refractivity contribution in [3.8, 4) is 6.07 Å². The molecule has 0 aliphatic carbocycles. The van der Waals surface area contributed by atoms with Gasteiger partial charge in [-0.15, -0.1) is 0 Å². The normalized spacial score (nSPS) is 19.6. The van der Waals surface area contributed by atoms with Gasteiger partial charge in [0.15, 0.2) is 5.13 Å². The molecule has 2 aromatic heterocycles. The number of H-pyrrole nitrogens is 1. The van der Waals surface area contributed by atoms with Gasteiger partial charge in [-0.25, -0.2) is 9.37 Å². The van der Waals surface area contributed by atoms with Crippen molar-refractivity contribution in [3.05, 3.63) is 74.4 Å². The molecule has 0 spiro atoms. The van der Waals surface area contributed by atoms with E-state index in [0.717, 1.165) is 6.20 Å². The topological polar surface area (TPSA) is 108 Å². The second-order valence-electron chi connectivity index (χ2n) is 10.8. The number of likely N-dealkylation sites (N-methyl/N-ethyl adjacent to an activating group) is 1. The molecule has 2 aliphatic rings. The Morgan fingerprint density at radius 2 is 1.91 bits per heavy atom. The van der Waals surface area contributed by atoms with Gasteiger partial charge in [0.1, 0.15) is 16.8 Å². The summed E-state index contributed by atoms with van der Waals surface area (Å²) in [5, 5.41) is 12.4. The number of carbonyl (C=O) groups excluding carboxylic acids is 1. The molecule has 1 fully saturated rings. The van der Waals surface area contributed by atoms with Gasteiger partial charge in [-0.1, -0.05) is 17.4 Å². The number of halogens is 4. The van der Waals surface area contributed by atoms with Crippen LogP contribution >= 0.6 is 11.3 Å². The third-order valence-electron chi connectivity index (χ3n) is 7.88. The minimum absolute atomic E-state index is 0.0808. The van der Waals surface area contributed by atoms with E-state index in [4.69, 9.17) is 0 Å². The molecule has 0 saturated carbocycles. The van der Waals surface area contributed by atoms with Crippen LogP contribution in [0.3, 0.4) is 0 Å². The van der Waals surface area contributed by atoms with Crippen molar-refractivity contribution in [1.82, 2.24) is 14.9 Å². The number of aromatic amines is 1. The Balaban J connectivity index is 1.55. The highest BCUT2D eigenvalue weighted by Crippen LogP contribution is 2.37. The highest BCUT2D eigenvalue weighted by molar-refractivity contribution is 7.16. The molecule has 2 atom stereocenters. The van der Waals surface area contributed by atoms with Crippen molar-refractivity contribution in [3.63, 3.8) is 0 Å². The van der Waals surface area contributed by atoms with Crippen LogP contribution in [0.2, 0.25) is 0 Å². The number of hydrogen-bond acceptors (Lipinski definition) is 8. The van der Waals surface area contributed by atoms with Crippen LogP contribution < -0.4 is 20.7 Å². The van der Waals surface area contributed by atoms with Crippen LogP contribution in [-0.2, 0) is 6.18 Å². The molecule has 14 heteroatoms. The molecule has 43 heavy (non-hydrogen) atoms. The summed E-state index contributed by atoms with van der Waals surface area (Å²) < 4.78 is 57.2. The Labute approximate surface area is 249 Å². The SMILES string of the molecule is CC1CN(c2cc(F)c(C3=CCCN(c4ncc(C#N)s4)C3)cc2NC(=O)c2c[nH]c(=O)cc2C(F)(F)F)CC(C)N1C. The molecule has 2 aliphatic heterocycles. The maximum absolute atomic E-state index is 15.9. The quantitative estimate of drug-likeness (QED) is 0.392. The number of piperazine rings is 1. The van der Waals surface area contributed by atoms with Crippen LogP contribution in [0.15, 0.2) is 41.5 Å². The summed E-state index contributed by atoms with van der Waals surface area (Å²) in [5.74, 6) is -1.64. The van der Waals surface area contributed by atoms with Gasteiger partial charge in [0.25, 0.3) is 5.91 Å². The number of pyridine rings is 1. The highest BCUT2D eigenvalue weighted by atomic mass is 32.1. The highest BCUT2D eigenvalue weighted by Gasteiger charge is 2.36. The fraction of sp³-hybridized carbons (Fsp3) is 0.379. The summed E-state index contributed by atoms with van der Waals surface area (Å²) in [7, 11) is 1.98. The number of nitrogens with zero attached hydrogens (tertiary/aromatic N) is 5. The standard InChI is InChI=1S/C29H29F4N7O2S/c1-16-13-40(14-17(2)38(16)3)25-9-23(30)20(18-5-4-6-39(15-18)28-36-11-19(10-34)43-28)7-24(25)37-27(42)21-12-35-26(41)8-22(21)29(31,32)33/h5,7-9,11-12,16-17H,4,6,13-15H2,1-3H3,(H,35,41)(H,37,42). The third-order valence-corrected chi connectivity index (χ3v) is 8.84. The summed E-state index contributed by atoms with van der Waals surface area (Å²) in [6.45, 7) is 5.91. The Morgan fingerprint density at radius 1 is 1.19 bits per heavy atom. The zero-order valence-corrected chi connectivity index (χ0v) is 24.4. The predicted octanol–water partition coefficient (Wildman–Crippen LogP) is 4.94. The van der Waals surface area contributed by atoms with Crippen molar-refractivity contribution in [1.29, 1.82) is 5.26 Å². The summed E-state index contributed by atoms with van der Waals surface area (Å²) in [6.07, 6.45) is -0.291. The van der Waals surface area contributed by atoms with Gasteiger partial charge in [0.2, 0.25) is 5.56 Å². The van der Waals surface area contributed by atoms with Crippen LogP contribution in [0.5, 0.6) is 0 Å². The van der Waals surface area contributed by atoms with E-state index in [9.17, 15) is 28.0 Å². The average Bonchev–Trinajstić information content (AvgIpc) is 3.45. The second-order valence-corrected chi connectivity index (χ2v) is 11.8. The number of anilines is 3. The number of aromatic nitrogens is 2. The van der Waals surface area contributed by atoms with Crippen molar-refractivity contribution < 1.29 is 22.4 Å². The fourth-order valence-corrected chi connectivity index (χ4v) is 6.16. The number of benzene rings is 1. The number of alkyl halides is 3. The molecule has 0 bridgehead atoms. The molecule has 226 valence electrons. The monoisotopic (exact) mass is 615 g/mol. The third kappa shape index (κ3) is 6.28. The Kier molecular flexibility index (Phi) is 8.31. The fourth-order valence-electron chi connectivity index (χ4n) is 5.42. The Bertz CT molecular complexity index is 1660. The molecule has 2 unspecified atom stereocenters. The van der Waals surface area contributed by atoms with Crippen LogP contribution in [0, 0.1) is 17.1 Å². The van der Waals surface area contributed by atoms with E-state index >= 15 is 4.39 Å². The van der Waals surface area contributed by atoms with Gasteiger partial charge in [-0.3, -0.25) is 14.5 Å². The molecule has 3 aromatic rings. The minimum atomic E-state index is -4.95. The minimum Gasteiger partial charge on any atom is -0.367 e. The van der Waals surface area contributed by atoms with E-state index in [2.05, 4.69) is 26.3 Å². The maximum atomic E-state index is 15.9. The number of carbonyl (C=O) groups is 1. The second kappa shape index (κ2) is 11.8. The predicted molar refractivity (Wildman–Crippen MR) is 157 cm³/mol. The first-order chi connectivity index (χ1) is 20.3. The summed E-state index contributed by atoms with van der Waals surface area (Å²) >= 11 is 1.22. The van der Waals surface area contributed by atoms with E-state index in [1.54, 1.807) is 0 Å². The van der Waals surface area contributed by atoms with Gasteiger partial charge < -0.3 is 20.1 Å². The molecular weight excluding hydrogens is 586 g/mol. The zero-order chi connectivity index (χ0) is 31.1. The van der Waals surface area contributed by atoms with Crippen molar-refractivity contribution in [2.75, 3.05) is 48.3 Å². The first-order valence-corrected chi connectivity index (χ1v) is 14.4. The molecule has 9 nitrogen and oxygen atoms in total. The van der Waals surface area contributed by atoms with Crippen molar-refractivity contribution in [2.24, 2.45) is 0 Å². The summed E-state index contributed by atoms with van der Waals surface area (Å²) in [5.41, 5.74) is -1.84. The number of thiazole rings is 1. The van der Waals surface area contributed by atoms with Gasteiger partial charge in [-0.2, -0.15) is 18.4 Å². The van der Waals surface area contributed by atoms with Gasteiger partial charge >= 0.3 is 6.18 Å². The van der Waals surface area contributed by atoms with Crippen LogP contribution in [0.25, 0.3) is 5.57 Å². The average molecular weight is 616 g/mol.